The standard InChI is InChI=1S/C14H8F6N4O7S/c15-13(16,17)29-8-6-9(30-14(18,19)20)22-11(21-8)23-12(26)24-32(27,28)31-10(25)7-4-2-1-3-5-7/h1-6H,(H2,21,22,23,24,26). The van der Waals surface area contributed by atoms with Gasteiger partial charge in [-0.1, -0.05) is 18.2 Å². The zero-order valence-electron chi connectivity index (χ0n) is 14.9. The number of nitrogens with zero attached hydrogens (tertiary/aromatic N) is 2. The Balaban J connectivity index is 2.15. The summed E-state index contributed by atoms with van der Waals surface area (Å²) < 4.78 is 109. The molecular formula is C14H8F6N4O7S. The summed E-state index contributed by atoms with van der Waals surface area (Å²) in [6, 6.07) is 4.80. The fraction of sp³-hybridized carbons (Fsp3) is 0.143. The van der Waals surface area contributed by atoms with Gasteiger partial charge in [-0.2, -0.15) is 18.4 Å². The molecule has 0 aliphatic rings. The van der Waals surface area contributed by atoms with Crippen LogP contribution >= 0.6 is 0 Å². The lowest BCUT2D eigenvalue weighted by molar-refractivity contribution is -0.278. The van der Waals surface area contributed by atoms with Gasteiger partial charge >= 0.3 is 35.0 Å². The van der Waals surface area contributed by atoms with Gasteiger partial charge in [0.2, 0.25) is 17.7 Å². The summed E-state index contributed by atoms with van der Waals surface area (Å²) in [5.74, 6) is -5.74. The highest BCUT2D eigenvalue weighted by molar-refractivity contribution is 7.85. The summed E-state index contributed by atoms with van der Waals surface area (Å²) in [5.41, 5.74) is -0.215. The number of carbonyl (C=O) groups excluding carboxylic acids is 2. The average Bonchev–Trinajstić information content (AvgIpc) is 2.58. The van der Waals surface area contributed by atoms with Crippen molar-refractivity contribution in [3.8, 4) is 11.8 Å². The minimum Gasteiger partial charge on any atom is -0.388 e. The highest BCUT2D eigenvalue weighted by Gasteiger charge is 2.35. The molecule has 0 atom stereocenters. The van der Waals surface area contributed by atoms with Crippen LogP contribution in [0.4, 0.5) is 37.1 Å². The molecule has 18 heteroatoms. The maximum atomic E-state index is 12.3. The third-order valence-electron chi connectivity index (χ3n) is 2.76. The van der Waals surface area contributed by atoms with Gasteiger partial charge in [0.05, 0.1) is 11.6 Å². The van der Waals surface area contributed by atoms with Crippen LogP contribution in [0.15, 0.2) is 36.4 Å². The predicted molar refractivity (Wildman–Crippen MR) is 88.3 cm³/mol. The number of urea groups is 1. The van der Waals surface area contributed by atoms with Gasteiger partial charge < -0.3 is 13.7 Å². The van der Waals surface area contributed by atoms with E-state index < -0.39 is 52.7 Å². The zero-order valence-corrected chi connectivity index (χ0v) is 15.7. The second-order valence-corrected chi connectivity index (χ2v) is 6.49. The monoisotopic (exact) mass is 490 g/mol. The van der Waals surface area contributed by atoms with Crippen LogP contribution in [0.1, 0.15) is 10.4 Å². The number of halogens is 6. The molecule has 0 aliphatic heterocycles. The maximum Gasteiger partial charge on any atom is 0.574 e. The van der Waals surface area contributed by atoms with Crippen LogP contribution in [0.5, 0.6) is 11.8 Å². The van der Waals surface area contributed by atoms with E-state index in [-0.39, 0.29) is 11.6 Å². The maximum absolute atomic E-state index is 12.3. The third kappa shape index (κ3) is 8.50. The Morgan fingerprint density at radius 2 is 1.38 bits per heavy atom. The second-order valence-electron chi connectivity index (χ2n) is 5.21. The zero-order chi connectivity index (χ0) is 24.2. The Hall–Kier alpha value is -3.83. The molecule has 0 spiro atoms. The van der Waals surface area contributed by atoms with Gasteiger partial charge in [0.25, 0.3) is 0 Å². The van der Waals surface area contributed by atoms with Gasteiger partial charge in [0.1, 0.15) is 0 Å². The van der Waals surface area contributed by atoms with Gasteiger partial charge in [-0.3, -0.25) is 5.32 Å². The number of hydrogen-bond donors (Lipinski definition) is 2. The van der Waals surface area contributed by atoms with Gasteiger partial charge in [0.15, 0.2) is 0 Å². The van der Waals surface area contributed by atoms with Crippen LogP contribution in [-0.2, 0) is 14.5 Å². The van der Waals surface area contributed by atoms with Gasteiger partial charge in [0, 0.05) is 0 Å². The number of carbonyl (C=O) groups is 2. The summed E-state index contributed by atoms with van der Waals surface area (Å²) in [5, 5.41) is 1.43. The summed E-state index contributed by atoms with van der Waals surface area (Å²) in [6.07, 6.45) is -10.8. The number of anilines is 1. The smallest absolute Gasteiger partial charge is 0.388 e. The summed E-state index contributed by atoms with van der Waals surface area (Å²) in [6.45, 7) is 0. The van der Waals surface area contributed by atoms with Crippen molar-refractivity contribution >= 4 is 28.3 Å². The molecule has 1 heterocycles. The first-order valence-corrected chi connectivity index (χ1v) is 9.06. The minimum atomic E-state index is -5.39. The Labute approximate surface area is 173 Å². The molecule has 32 heavy (non-hydrogen) atoms. The molecule has 0 bridgehead atoms. The average molecular weight is 490 g/mol. The molecular weight excluding hydrogens is 482 g/mol. The first kappa shape index (κ1) is 24.4. The van der Waals surface area contributed by atoms with Crippen LogP contribution in [-0.4, -0.2) is 43.1 Å². The van der Waals surface area contributed by atoms with Crippen molar-refractivity contribution < 1.29 is 58.0 Å². The van der Waals surface area contributed by atoms with Gasteiger partial charge in [-0.15, -0.1) is 26.3 Å². The number of aromatic nitrogens is 2. The van der Waals surface area contributed by atoms with E-state index in [9.17, 15) is 44.3 Å². The molecule has 2 aromatic rings. The Morgan fingerprint density at radius 1 is 0.875 bits per heavy atom. The molecule has 0 unspecified atom stereocenters. The third-order valence-corrected chi connectivity index (χ3v) is 3.56. The van der Waals surface area contributed by atoms with Crippen LogP contribution < -0.4 is 19.5 Å². The van der Waals surface area contributed by atoms with Gasteiger partial charge in [-0.25, -0.2) is 14.3 Å². The normalized spacial score (nSPS) is 11.9. The number of amides is 2. The van der Waals surface area contributed by atoms with Crippen LogP contribution in [0, 0.1) is 0 Å². The second kappa shape index (κ2) is 9.12. The van der Waals surface area contributed by atoms with E-state index in [4.69, 9.17) is 0 Å². The van der Waals surface area contributed by atoms with Gasteiger partial charge in [-0.05, 0) is 12.1 Å². The first-order valence-electron chi connectivity index (χ1n) is 7.65. The number of nitrogens with one attached hydrogen (secondary N) is 2. The molecule has 0 fully saturated rings. The molecule has 0 saturated carbocycles. The Kier molecular flexibility index (Phi) is 6.97. The van der Waals surface area contributed by atoms with Crippen molar-refractivity contribution in [2.45, 2.75) is 12.7 Å². The largest absolute Gasteiger partial charge is 0.574 e. The highest BCUT2D eigenvalue weighted by Crippen LogP contribution is 2.28. The van der Waals surface area contributed by atoms with Crippen LogP contribution in [0.3, 0.4) is 0 Å². The van der Waals surface area contributed by atoms with E-state index >= 15 is 0 Å². The van der Waals surface area contributed by atoms with E-state index in [1.54, 1.807) is 0 Å². The summed E-state index contributed by atoms with van der Waals surface area (Å²) >= 11 is 0. The van der Waals surface area contributed by atoms with E-state index in [1.165, 1.54) is 35.6 Å². The minimum absolute atomic E-state index is 0.00243. The number of ether oxygens (including phenoxy) is 2. The molecule has 0 saturated heterocycles. The number of alkyl halides is 6. The van der Waals surface area contributed by atoms with Crippen molar-refractivity contribution in [2.24, 2.45) is 0 Å². The van der Waals surface area contributed by atoms with Crippen LogP contribution in [0.2, 0.25) is 0 Å². The fourth-order valence-corrected chi connectivity index (χ4v) is 2.40. The first-order chi connectivity index (χ1) is 14.6. The van der Waals surface area contributed by atoms with E-state index in [0.29, 0.717) is 0 Å². The summed E-state index contributed by atoms with van der Waals surface area (Å²) in [4.78, 5) is 29.4. The fourth-order valence-electron chi connectivity index (χ4n) is 1.78. The van der Waals surface area contributed by atoms with Crippen molar-refractivity contribution in [1.82, 2.24) is 14.7 Å². The Morgan fingerprint density at radius 3 is 1.84 bits per heavy atom. The molecule has 1 aromatic carbocycles. The van der Waals surface area contributed by atoms with Crippen molar-refractivity contribution in [2.75, 3.05) is 5.32 Å². The number of rotatable bonds is 6. The lowest BCUT2D eigenvalue weighted by atomic mass is 10.2. The molecule has 174 valence electrons. The molecule has 2 amide bonds. The summed E-state index contributed by atoms with van der Waals surface area (Å²) in [7, 11) is -5.12. The molecule has 0 aliphatic carbocycles. The van der Waals surface area contributed by atoms with Crippen molar-refractivity contribution in [1.29, 1.82) is 0 Å². The predicted octanol–water partition coefficient (Wildman–Crippen LogP) is 2.50. The van der Waals surface area contributed by atoms with Crippen molar-refractivity contribution in [3.05, 3.63) is 42.0 Å². The topological polar surface area (TPSA) is 146 Å². The number of benzene rings is 1. The number of hydrogen-bond acceptors (Lipinski definition) is 9. The molecule has 1 aromatic heterocycles. The van der Waals surface area contributed by atoms with Crippen LogP contribution in [0.25, 0.3) is 0 Å². The lowest BCUT2D eigenvalue weighted by Gasteiger charge is -2.13. The van der Waals surface area contributed by atoms with E-state index in [2.05, 4.69) is 23.6 Å². The SMILES string of the molecule is O=C(Nc1nc(OC(F)(F)F)cc(OC(F)(F)F)n1)NS(=O)(=O)OC(=O)c1ccccc1. The molecule has 11 nitrogen and oxygen atoms in total. The quantitative estimate of drug-likeness (QED) is 0.583. The lowest BCUT2D eigenvalue weighted by Crippen LogP contribution is -2.37. The Bertz CT molecular complexity index is 1060. The molecule has 0 radical (unpaired) electrons. The van der Waals surface area contributed by atoms with E-state index in [1.807, 2.05) is 0 Å². The molecule has 2 N–H and O–H groups in total. The molecule has 2 rings (SSSR count). The highest BCUT2D eigenvalue weighted by atomic mass is 32.2. The van der Waals surface area contributed by atoms with Crippen molar-refractivity contribution in [3.63, 3.8) is 0 Å². The van der Waals surface area contributed by atoms with E-state index in [0.717, 1.165) is 4.72 Å².